The normalized spacial score (nSPS) is 10.2. The topological polar surface area (TPSA) is 71.8 Å². The van der Waals surface area contributed by atoms with Crippen LogP contribution in [0.15, 0.2) is 23.5 Å². The molecule has 5 heteroatoms. The van der Waals surface area contributed by atoms with Crippen LogP contribution in [0.1, 0.15) is 10.4 Å². The fraction of sp³-hybridized carbons (Fsp3) is 0.125. The minimum atomic E-state index is -0.405. The third kappa shape index (κ3) is 2.26. The van der Waals surface area contributed by atoms with E-state index in [4.69, 9.17) is 9.94 Å². The van der Waals surface area contributed by atoms with Crippen LogP contribution in [0.25, 0.3) is 0 Å². The van der Waals surface area contributed by atoms with Crippen molar-refractivity contribution >= 4 is 12.0 Å². The molecular formula is C8H8N2O3. The van der Waals surface area contributed by atoms with Crippen molar-refractivity contribution in [3.8, 4) is 5.88 Å². The Morgan fingerprint density at radius 3 is 2.92 bits per heavy atom. The van der Waals surface area contributed by atoms with E-state index in [-0.39, 0.29) is 0 Å². The van der Waals surface area contributed by atoms with Gasteiger partial charge in [-0.25, -0.2) is 4.98 Å². The van der Waals surface area contributed by atoms with Crippen molar-refractivity contribution in [1.29, 1.82) is 0 Å². The van der Waals surface area contributed by atoms with Gasteiger partial charge in [-0.05, 0) is 6.07 Å². The van der Waals surface area contributed by atoms with Crippen LogP contribution in [0.5, 0.6) is 5.88 Å². The zero-order valence-electron chi connectivity index (χ0n) is 6.97. The molecular weight excluding hydrogens is 172 g/mol. The molecule has 68 valence electrons. The van der Waals surface area contributed by atoms with Crippen molar-refractivity contribution in [2.45, 2.75) is 0 Å². The smallest absolute Gasteiger partial charge is 0.212 e. The van der Waals surface area contributed by atoms with Gasteiger partial charge in [0.1, 0.15) is 6.21 Å². The fourth-order valence-corrected chi connectivity index (χ4v) is 0.774. The summed E-state index contributed by atoms with van der Waals surface area (Å²) >= 11 is 0. The lowest BCUT2D eigenvalue weighted by molar-refractivity contribution is 0.106. The number of Topliss-reactive ketones (excluding diaryl/α,β-unsaturated/α-hetero) is 1. The summed E-state index contributed by atoms with van der Waals surface area (Å²) in [5, 5.41) is 10.7. The van der Waals surface area contributed by atoms with Crippen LogP contribution >= 0.6 is 0 Å². The Kier molecular flexibility index (Phi) is 2.97. The molecule has 0 saturated carbocycles. The number of hydrogen-bond donors (Lipinski definition) is 1. The molecule has 0 bridgehead atoms. The second kappa shape index (κ2) is 4.20. The number of carbonyl (C=O) groups excluding carboxylic acids is 1. The molecule has 1 N–H and O–H groups in total. The Labute approximate surface area is 74.7 Å². The van der Waals surface area contributed by atoms with Crippen LogP contribution in [0.2, 0.25) is 0 Å². The third-order valence-corrected chi connectivity index (χ3v) is 1.40. The van der Waals surface area contributed by atoms with E-state index in [2.05, 4.69) is 10.1 Å². The maximum atomic E-state index is 11.1. The Bertz CT molecular complexity index is 319. The first-order chi connectivity index (χ1) is 6.27. The van der Waals surface area contributed by atoms with Crippen molar-refractivity contribution in [3.63, 3.8) is 0 Å². The SMILES string of the molecule is COc1ccc(C(=O)C=NO)cn1. The van der Waals surface area contributed by atoms with E-state index in [0.29, 0.717) is 11.4 Å². The first-order valence-corrected chi connectivity index (χ1v) is 3.49. The number of ketones is 1. The summed E-state index contributed by atoms with van der Waals surface area (Å²) in [4.78, 5) is 14.9. The van der Waals surface area contributed by atoms with Crippen LogP contribution in [0.3, 0.4) is 0 Å². The molecule has 0 spiro atoms. The predicted octanol–water partition coefficient (Wildman–Crippen LogP) is 0.733. The van der Waals surface area contributed by atoms with Crippen molar-refractivity contribution in [1.82, 2.24) is 4.98 Å². The fourth-order valence-electron chi connectivity index (χ4n) is 0.774. The molecule has 1 aromatic heterocycles. The Hall–Kier alpha value is -1.91. The van der Waals surface area contributed by atoms with Gasteiger partial charge >= 0.3 is 0 Å². The molecule has 0 radical (unpaired) electrons. The number of hydrogen-bond acceptors (Lipinski definition) is 5. The molecule has 0 aromatic carbocycles. The summed E-state index contributed by atoms with van der Waals surface area (Å²) in [6, 6.07) is 3.09. The molecule has 5 nitrogen and oxygen atoms in total. The van der Waals surface area contributed by atoms with Crippen LogP contribution in [0, 0.1) is 0 Å². The third-order valence-electron chi connectivity index (χ3n) is 1.40. The quantitative estimate of drug-likeness (QED) is 0.322. The van der Waals surface area contributed by atoms with Crippen LogP contribution < -0.4 is 4.74 Å². The van der Waals surface area contributed by atoms with Gasteiger partial charge in [-0.15, -0.1) is 0 Å². The number of oxime groups is 1. The molecule has 13 heavy (non-hydrogen) atoms. The summed E-state index contributed by atoms with van der Waals surface area (Å²) in [7, 11) is 1.49. The highest BCUT2D eigenvalue weighted by molar-refractivity contribution is 6.35. The monoisotopic (exact) mass is 180 g/mol. The molecule has 0 atom stereocenters. The van der Waals surface area contributed by atoms with Gasteiger partial charge in [0.05, 0.1) is 7.11 Å². The standard InChI is InChI=1S/C8H8N2O3/c1-13-8-3-2-6(4-9-8)7(11)5-10-12/h2-5,12H,1H3. The molecule has 0 fully saturated rings. The summed E-state index contributed by atoms with van der Waals surface area (Å²) in [5.74, 6) is 0.0233. The number of carbonyl (C=O) groups is 1. The lowest BCUT2D eigenvalue weighted by Crippen LogP contribution is -2.01. The maximum absolute atomic E-state index is 11.1. The van der Waals surface area contributed by atoms with E-state index < -0.39 is 5.78 Å². The number of methoxy groups -OCH3 is 1. The van der Waals surface area contributed by atoms with Gasteiger partial charge in [-0.1, -0.05) is 5.16 Å². The highest BCUT2D eigenvalue weighted by Gasteiger charge is 2.02. The molecule has 0 unspecified atom stereocenters. The van der Waals surface area contributed by atoms with E-state index in [1.165, 1.54) is 19.4 Å². The maximum Gasteiger partial charge on any atom is 0.212 e. The molecule has 1 aromatic rings. The van der Waals surface area contributed by atoms with E-state index in [1.54, 1.807) is 6.07 Å². The zero-order chi connectivity index (χ0) is 9.68. The first-order valence-electron chi connectivity index (χ1n) is 3.49. The van der Waals surface area contributed by atoms with Gasteiger partial charge in [-0.2, -0.15) is 0 Å². The van der Waals surface area contributed by atoms with Gasteiger partial charge < -0.3 is 9.94 Å². The van der Waals surface area contributed by atoms with Gasteiger partial charge in [0, 0.05) is 17.8 Å². The second-order valence-corrected chi connectivity index (χ2v) is 2.20. The lowest BCUT2D eigenvalue weighted by atomic mass is 10.2. The highest BCUT2D eigenvalue weighted by Crippen LogP contribution is 2.06. The summed E-state index contributed by atoms with van der Waals surface area (Å²) in [5.41, 5.74) is 0.346. The Balaban J connectivity index is 2.85. The van der Waals surface area contributed by atoms with E-state index in [1.807, 2.05) is 0 Å². The molecule has 0 aliphatic rings. The number of rotatable bonds is 3. The van der Waals surface area contributed by atoms with Crippen molar-refractivity contribution < 1.29 is 14.7 Å². The average Bonchev–Trinajstić information content (AvgIpc) is 2.18. The van der Waals surface area contributed by atoms with E-state index in [9.17, 15) is 4.79 Å². The Morgan fingerprint density at radius 2 is 2.46 bits per heavy atom. The molecule has 0 saturated heterocycles. The Morgan fingerprint density at radius 1 is 1.69 bits per heavy atom. The lowest BCUT2D eigenvalue weighted by Gasteiger charge is -1.97. The average molecular weight is 180 g/mol. The minimum absolute atomic E-state index is 0.346. The van der Waals surface area contributed by atoms with E-state index in [0.717, 1.165) is 6.21 Å². The number of nitrogens with zero attached hydrogens (tertiary/aromatic N) is 2. The molecule has 0 amide bonds. The summed E-state index contributed by atoms with van der Waals surface area (Å²) < 4.78 is 4.80. The van der Waals surface area contributed by atoms with Crippen molar-refractivity contribution in [2.24, 2.45) is 5.16 Å². The number of ether oxygens (including phenoxy) is 1. The van der Waals surface area contributed by atoms with Crippen LogP contribution in [-0.2, 0) is 0 Å². The largest absolute Gasteiger partial charge is 0.481 e. The number of aromatic nitrogens is 1. The molecule has 1 rings (SSSR count). The van der Waals surface area contributed by atoms with Crippen molar-refractivity contribution in [3.05, 3.63) is 23.9 Å². The molecule has 1 heterocycles. The van der Waals surface area contributed by atoms with Gasteiger partial charge in [0.25, 0.3) is 0 Å². The minimum Gasteiger partial charge on any atom is -0.481 e. The summed E-state index contributed by atoms with van der Waals surface area (Å²) in [6.07, 6.45) is 2.16. The highest BCUT2D eigenvalue weighted by atomic mass is 16.5. The molecule has 0 aliphatic heterocycles. The zero-order valence-corrected chi connectivity index (χ0v) is 6.97. The van der Waals surface area contributed by atoms with Crippen LogP contribution in [-0.4, -0.2) is 29.3 Å². The van der Waals surface area contributed by atoms with Crippen molar-refractivity contribution in [2.75, 3.05) is 7.11 Å². The predicted molar refractivity (Wildman–Crippen MR) is 45.4 cm³/mol. The first kappa shape index (κ1) is 9.18. The summed E-state index contributed by atoms with van der Waals surface area (Å²) in [6.45, 7) is 0. The van der Waals surface area contributed by atoms with Gasteiger partial charge in [-0.3, -0.25) is 4.79 Å². The van der Waals surface area contributed by atoms with E-state index >= 15 is 0 Å². The van der Waals surface area contributed by atoms with Gasteiger partial charge in [0.2, 0.25) is 11.7 Å². The molecule has 0 aliphatic carbocycles. The van der Waals surface area contributed by atoms with Gasteiger partial charge in [0.15, 0.2) is 0 Å². The number of pyridine rings is 1. The van der Waals surface area contributed by atoms with Crippen LogP contribution in [0.4, 0.5) is 0 Å². The second-order valence-electron chi connectivity index (χ2n) is 2.20.